The van der Waals surface area contributed by atoms with Crippen molar-refractivity contribution in [3.05, 3.63) is 46.4 Å². The Kier molecular flexibility index (Phi) is 6.29. The van der Waals surface area contributed by atoms with Gasteiger partial charge in [-0.2, -0.15) is 0 Å². The Balaban J connectivity index is 1.60. The van der Waals surface area contributed by atoms with Gasteiger partial charge in [-0.15, -0.1) is 0 Å². The summed E-state index contributed by atoms with van der Waals surface area (Å²) in [6.45, 7) is 7.61. The molecule has 2 aliphatic rings. The van der Waals surface area contributed by atoms with Gasteiger partial charge in [0.1, 0.15) is 12.2 Å². The minimum atomic E-state index is -1.01. The van der Waals surface area contributed by atoms with Crippen LogP contribution >= 0.6 is 7.92 Å². The fourth-order valence-corrected chi connectivity index (χ4v) is 5.42. The second kappa shape index (κ2) is 8.52. The molecule has 0 bridgehead atoms. The Morgan fingerprint density at radius 2 is 1.93 bits per heavy atom. The highest BCUT2D eigenvalue weighted by molar-refractivity contribution is 7.82. The van der Waals surface area contributed by atoms with Gasteiger partial charge in [-0.3, -0.25) is 14.6 Å². The molecule has 0 radical (unpaired) electrons. The Morgan fingerprint density at radius 1 is 1.25 bits per heavy atom. The zero-order chi connectivity index (χ0) is 20.4. The molecule has 150 valence electrons. The van der Waals surface area contributed by atoms with Gasteiger partial charge in [0.2, 0.25) is 11.8 Å². The number of alkyl halides is 1. The summed E-state index contributed by atoms with van der Waals surface area (Å²) >= 11 is 0. The summed E-state index contributed by atoms with van der Waals surface area (Å²) in [6.07, 6.45) is 0.436. The third-order valence-corrected chi connectivity index (χ3v) is 7.68. The first-order chi connectivity index (χ1) is 13.3. The Hall–Kier alpha value is -2.07. The van der Waals surface area contributed by atoms with Crippen LogP contribution in [0, 0.1) is 5.92 Å². The van der Waals surface area contributed by atoms with Gasteiger partial charge in [-0.25, -0.2) is 4.39 Å². The summed E-state index contributed by atoms with van der Waals surface area (Å²) < 4.78 is 14.1. The number of hydrogen-bond donors (Lipinski definition) is 2. The van der Waals surface area contributed by atoms with E-state index < -0.39 is 12.2 Å². The maximum absolute atomic E-state index is 14.1. The van der Waals surface area contributed by atoms with Crippen LogP contribution in [0.5, 0.6) is 0 Å². The molecule has 0 spiro atoms. The molecular formula is C21H27FN3O2P. The molecule has 3 unspecified atom stereocenters. The van der Waals surface area contributed by atoms with Crippen LogP contribution in [0.15, 0.2) is 40.3 Å². The summed E-state index contributed by atoms with van der Waals surface area (Å²) in [5, 5.41) is 5.62. The molecule has 3 rings (SSSR count). The fraction of sp³-hybridized carbons (Fsp3) is 0.476. The highest BCUT2D eigenvalue weighted by atomic mass is 31.1. The van der Waals surface area contributed by atoms with Crippen LogP contribution in [0.25, 0.3) is 0 Å². The number of carbonyl (C=O) groups is 2. The third-order valence-electron chi connectivity index (χ3n) is 5.02. The van der Waals surface area contributed by atoms with Crippen molar-refractivity contribution >= 4 is 25.2 Å². The average molecular weight is 403 g/mol. The molecule has 2 aliphatic heterocycles. The van der Waals surface area contributed by atoms with Crippen LogP contribution in [0.1, 0.15) is 45.0 Å². The van der Waals surface area contributed by atoms with E-state index in [9.17, 15) is 14.0 Å². The van der Waals surface area contributed by atoms with Gasteiger partial charge in [-0.1, -0.05) is 38.1 Å². The van der Waals surface area contributed by atoms with Crippen molar-refractivity contribution in [2.45, 2.75) is 46.3 Å². The number of carbonyl (C=O) groups excluding carboxylic acids is 2. The normalized spacial score (nSPS) is 19.8. The maximum Gasteiger partial charge on any atom is 0.243 e. The Bertz CT molecular complexity index is 833. The van der Waals surface area contributed by atoms with E-state index in [0.717, 1.165) is 17.2 Å². The number of aliphatic imine (C=N–C) groups is 1. The van der Waals surface area contributed by atoms with E-state index in [0.29, 0.717) is 18.5 Å². The molecule has 1 aromatic rings. The predicted molar refractivity (Wildman–Crippen MR) is 111 cm³/mol. The largest absolute Gasteiger partial charge is 0.349 e. The third kappa shape index (κ3) is 4.49. The van der Waals surface area contributed by atoms with Crippen LogP contribution < -0.4 is 10.6 Å². The molecule has 2 amide bonds. The molecule has 0 fully saturated rings. The zero-order valence-corrected chi connectivity index (χ0v) is 17.6. The molecule has 7 heteroatoms. The van der Waals surface area contributed by atoms with Gasteiger partial charge in [0.15, 0.2) is 0 Å². The first-order valence-corrected chi connectivity index (χ1v) is 11.1. The van der Waals surface area contributed by atoms with Gasteiger partial charge >= 0.3 is 0 Å². The second-order valence-electron chi connectivity index (χ2n) is 7.78. The predicted octanol–water partition coefficient (Wildman–Crippen LogP) is 3.66. The summed E-state index contributed by atoms with van der Waals surface area (Å²) in [7, 11) is -0.239. The first-order valence-electron chi connectivity index (χ1n) is 9.59. The number of nitrogens with one attached hydrogen (secondary N) is 2. The first kappa shape index (κ1) is 20.7. The van der Waals surface area contributed by atoms with Crippen LogP contribution in [0.2, 0.25) is 0 Å². The van der Waals surface area contributed by atoms with Gasteiger partial charge in [-0.05, 0) is 37.5 Å². The summed E-state index contributed by atoms with van der Waals surface area (Å²) in [6, 6.07) is 6.48. The summed E-state index contributed by atoms with van der Waals surface area (Å²) in [4.78, 5) is 28.6. The van der Waals surface area contributed by atoms with Crippen molar-refractivity contribution in [3.8, 4) is 0 Å². The molecule has 0 aromatic heterocycles. The highest BCUT2D eigenvalue weighted by Crippen LogP contribution is 2.64. The number of fused-ring (bicyclic) bond motifs is 1. The van der Waals surface area contributed by atoms with E-state index in [-0.39, 0.29) is 25.7 Å². The minimum absolute atomic E-state index is 0.0883. The fourth-order valence-electron chi connectivity index (χ4n) is 3.37. The average Bonchev–Trinajstić information content (AvgIpc) is 2.64. The van der Waals surface area contributed by atoms with E-state index in [1.807, 2.05) is 26.0 Å². The van der Waals surface area contributed by atoms with Crippen LogP contribution in [0.3, 0.4) is 0 Å². The second-order valence-corrected chi connectivity index (χ2v) is 9.89. The van der Waals surface area contributed by atoms with Crippen LogP contribution in [-0.4, -0.2) is 36.0 Å². The summed E-state index contributed by atoms with van der Waals surface area (Å²) in [5.74, 6) is -0.572. The molecule has 1 aromatic carbocycles. The van der Waals surface area contributed by atoms with E-state index in [1.54, 1.807) is 12.1 Å². The number of hydrogen-bond acceptors (Lipinski definition) is 3. The summed E-state index contributed by atoms with van der Waals surface area (Å²) in [5.41, 5.74) is 5.15. The monoisotopic (exact) mass is 403 g/mol. The Morgan fingerprint density at radius 3 is 2.43 bits per heavy atom. The van der Waals surface area contributed by atoms with Crippen molar-refractivity contribution in [2.24, 2.45) is 10.9 Å². The van der Waals surface area contributed by atoms with Gasteiger partial charge in [0.05, 0.1) is 17.4 Å². The highest BCUT2D eigenvalue weighted by Gasteiger charge is 2.38. The number of nitrogens with zero attached hydrogens (tertiary/aromatic N) is 1. The molecule has 28 heavy (non-hydrogen) atoms. The van der Waals surface area contributed by atoms with Crippen molar-refractivity contribution in [2.75, 3.05) is 12.7 Å². The SMILES string of the molecule is CC(=O)NC(Cc1ccc(C(F)C(C)C)cc1)C(=O)NCC1=NC2=C(C)CP12. The number of benzene rings is 1. The molecule has 2 heterocycles. The number of amides is 2. The van der Waals surface area contributed by atoms with Crippen LogP contribution in [-0.2, 0) is 16.0 Å². The topological polar surface area (TPSA) is 70.6 Å². The maximum atomic E-state index is 14.1. The van der Waals surface area contributed by atoms with E-state index in [1.165, 1.54) is 17.9 Å². The van der Waals surface area contributed by atoms with Crippen LogP contribution in [0.4, 0.5) is 4.39 Å². The minimum Gasteiger partial charge on any atom is -0.349 e. The molecule has 5 nitrogen and oxygen atoms in total. The van der Waals surface area contributed by atoms with Gasteiger partial charge in [0, 0.05) is 19.5 Å². The van der Waals surface area contributed by atoms with Crippen molar-refractivity contribution in [3.63, 3.8) is 0 Å². The number of allylic oxidation sites excluding steroid dienone is 1. The Labute approximate surface area is 166 Å². The molecule has 0 saturated heterocycles. The lowest BCUT2D eigenvalue weighted by Gasteiger charge is -2.38. The molecule has 3 atom stereocenters. The number of rotatable bonds is 8. The van der Waals surface area contributed by atoms with E-state index in [4.69, 9.17) is 0 Å². The lowest BCUT2D eigenvalue weighted by atomic mass is 9.97. The lowest BCUT2D eigenvalue weighted by molar-refractivity contribution is -0.127. The molecule has 0 saturated carbocycles. The van der Waals surface area contributed by atoms with Gasteiger partial charge in [0.25, 0.3) is 0 Å². The van der Waals surface area contributed by atoms with Crippen molar-refractivity contribution in [1.82, 2.24) is 10.6 Å². The molecule has 2 N–H and O–H groups in total. The zero-order valence-electron chi connectivity index (χ0n) is 16.8. The van der Waals surface area contributed by atoms with E-state index in [2.05, 4.69) is 22.5 Å². The number of halogens is 1. The molecule has 0 aliphatic carbocycles. The van der Waals surface area contributed by atoms with E-state index >= 15 is 0 Å². The lowest BCUT2D eigenvalue weighted by Crippen LogP contribution is -2.48. The smallest absolute Gasteiger partial charge is 0.243 e. The van der Waals surface area contributed by atoms with Crippen molar-refractivity contribution < 1.29 is 14.0 Å². The van der Waals surface area contributed by atoms with Crippen molar-refractivity contribution in [1.29, 1.82) is 0 Å². The molecular weight excluding hydrogens is 376 g/mol. The standard InChI is InChI=1S/C21H27FN3O2P/c1-12(2)19(22)16-7-5-15(6-8-16)9-17(24-14(4)26)20(27)23-10-18-25-21-13(3)11-28(18)21/h5-8,12,17,19H,9-11H2,1-4H3,(H,23,27)(H,24,26). The van der Waals surface area contributed by atoms with Gasteiger partial charge < -0.3 is 10.6 Å². The quantitative estimate of drug-likeness (QED) is 0.651.